The van der Waals surface area contributed by atoms with Crippen LogP contribution in [0.2, 0.25) is 0 Å². The Hall–Kier alpha value is -2.89. The van der Waals surface area contributed by atoms with Crippen molar-refractivity contribution in [2.24, 2.45) is 0 Å². The molecule has 0 fully saturated rings. The number of halogens is 3. The van der Waals surface area contributed by atoms with Crippen LogP contribution >= 0.6 is 0 Å². The second-order valence-electron chi connectivity index (χ2n) is 5.30. The molecule has 0 unspecified atom stereocenters. The fourth-order valence-corrected chi connectivity index (χ4v) is 2.68. The van der Waals surface area contributed by atoms with E-state index in [2.05, 4.69) is 4.98 Å². The first-order chi connectivity index (χ1) is 11.4. The van der Waals surface area contributed by atoms with Gasteiger partial charge in [0.25, 0.3) is 0 Å². The van der Waals surface area contributed by atoms with Crippen LogP contribution < -0.4 is 0 Å². The van der Waals surface area contributed by atoms with E-state index in [-0.39, 0.29) is 11.3 Å². The minimum Gasteiger partial charge on any atom is -0.478 e. The Kier molecular flexibility index (Phi) is 3.97. The van der Waals surface area contributed by atoms with Gasteiger partial charge in [-0.15, -0.1) is 0 Å². The minimum absolute atomic E-state index is 0.0262. The first-order valence-corrected chi connectivity index (χ1v) is 7.22. The quantitative estimate of drug-likeness (QED) is 0.764. The van der Waals surface area contributed by atoms with Gasteiger partial charge in [-0.25, -0.2) is 18.0 Å². The number of benzene rings is 2. The van der Waals surface area contributed by atoms with Gasteiger partial charge >= 0.3 is 5.97 Å². The predicted molar refractivity (Wildman–Crippen MR) is 83.4 cm³/mol. The maximum Gasteiger partial charge on any atom is 0.335 e. The third kappa shape index (κ3) is 2.60. The van der Waals surface area contributed by atoms with Crippen molar-refractivity contribution in [3.8, 4) is 11.3 Å². The van der Waals surface area contributed by atoms with Crippen LogP contribution in [0.4, 0.5) is 13.2 Å². The van der Waals surface area contributed by atoms with E-state index in [1.165, 1.54) is 18.3 Å². The summed E-state index contributed by atoms with van der Waals surface area (Å²) >= 11 is 0. The Morgan fingerprint density at radius 3 is 2.33 bits per heavy atom. The van der Waals surface area contributed by atoms with E-state index < -0.39 is 29.0 Å². The van der Waals surface area contributed by atoms with Crippen LogP contribution in [0.25, 0.3) is 22.0 Å². The standard InChI is InChI=1S/C18H12F3NO2/c1-2-9-8-22-17(16-14(20)6-11(19)7-15(16)21)13-5-10(18(23)24)3-4-12(9)13/h3-8H,2H2,1H3,(H,23,24). The summed E-state index contributed by atoms with van der Waals surface area (Å²) in [6.45, 7) is 1.89. The molecular formula is C18H12F3NO2. The molecule has 1 heterocycles. The Morgan fingerprint density at radius 1 is 1.08 bits per heavy atom. The smallest absolute Gasteiger partial charge is 0.335 e. The first-order valence-electron chi connectivity index (χ1n) is 7.22. The van der Waals surface area contributed by atoms with Gasteiger partial charge in [0.2, 0.25) is 0 Å². The number of pyridine rings is 1. The Labute approximate surface area is 135 Å². The van der Waals surface area contributed by atoms with Gasteiger partial charge in [0, 0.05) is 23.7 Å². The number of rotatable bonds is 3. The highest BCUT2D eigenvalue weighted by molar-refractivity contribution is 6.01. The number of carbonyl (C=O) groups is 1. The van der Waals surface area contributed by atoms with E-state index in [1.54, 1.807) is 6.07 Å². The lowest BCUT2D eigenvalue weighted by molar-refractivity contribution is 0.0697. The SMILES string of the molecule is CCc1cnc(-c2c(F)cc(F)cc2F)c2cc(C(=O)O)ccc12. The summed E-state index contributed by atoms with van der Waals surface area (Å²) in [5.41, 5.74) is 0.252. The fraction of sp³-hybridized carbons (Fsp3) is 0.111. The number of hydrogen-bond acceptors (Lipinski definition) is 2. The van der Waals surface area contributed by atoms with Crippen molar-refractivity contribution in [3.63, 3.8) is 0 Å². The van der Waals surface area contributed by atoms with Gasteiger partial charge in [0.15, 0.2) is 0 Å². The molecule has 0 bridgehead atoms. The van der Waals surface area contributed by atoms with E-state index in [4.69, 9.17) is 5.11 Å². The Balaban J connectivity index is 2.40. The summed E-state index contributed by atoms with van der Waals surface area (Å²) in [7, 11) is 0. The van der Waals surface area contributed by atoms with Gasteiger partial charge in [-0.1, -0.05) is 13.0 Å². The molecule has 122 valence electrons. The molecule has 0 amide bonds. The number of aromatic carboxylic acids is 1. The molecule has 0 aliphatic carbocycles. The molecule has 1 aromatic heterocycles. The van der Waals surface area contributed by atoms with Gasteiger partial charge in [0.1, 0.15) is 17.5 Å². The molecule has 0 spiro atoms. The molecule has 24 heavy (non-hydrogen) atoms. The topological polar surface area (TPSA) is 50.2 Å². The molecule has 0 atom stereocenters. The number of carboxylic acids is 1. The van der Waals surface area contributed by atoms with Crippen LogP contribution in [0.5, 0.6) is 0 Å². The van der Waals surface area contributed by atoms with Crippen molar-refractivity contribution in [2.45, 2.75) is 13.3 Å². The summed E-state index contributed by atoms with van der Waals surface area (Å²) in [4.78, 5) is 15.3. The van der Waals surface area contributed by atoms with E-state index in [9.17, 15) is 18.0 Å². The van der Waals surface area contributed by atoms with E-state index >= 15 is 0 Å². The predicted octanol–water partition coefficient (Wildman–Crippen LogP) is 4.58. The van der Waals surface area contributed by atoms with Crippen molar-refractivity contribution in [2.75, 3.05) is 0 Å². The van der Waals surface area contributed by atoms with Gasteiger partial charge in [-0.05, 0) is 29.5 Å². The summed E-state index contributed by atoms with van der Waals surface area (Å²) in [5, 5.41) is 10.1. The number of aromatic nitrogens is 1. The average Bonchev–Trinajstić information content (AvgIpc) is 2.53. The number of nitrogens with zero attached hydrogens (tertiary/aromatic N) is 1. The summed E-state index contributed by atoms with van der Waals surface area (Å²) in [6, 6.07) is 5.47. The maximum absolute atomic E-state index is 14.1. The summed E-state index contributed by atoms with van der Waals surface area (Å²) in [5.74, 6) is -4.38. The highest BCUT2D eigenvalue weighted by atomic mass is 19.1. The Morgan fingerprint density at radius 2 is 1.75 bits per heavy atom. The van der Waals surface area contributed by atoms with Crippen LogP contribution in [0.3, 0.4) is 0 Å². The van der Waals surface area contributed by atoms with Crippen molar-refractivity contribution in [1.29, 1.82) is 0 Å². The Bertz CT molecular complexity index is 947. The van der Waals surface area contributed by atoms with E-state index in [0.29, 0.717) is 29.3 Å². The fourth-order valence-electron chi connectivity index (χ4n) is 2.68. The molecule has 0 aliphatic rings. The van der Waals surface area contributed by atoms with Crippen molar-refractivity contribution in [1.82, 2.24) is 4.98 Å². The highest BCUT2D eigenvalue weighted by Gasteiger charge is 2.19. The number of aryl methyl sites for hydroxylation is 1. The van der Waals surface area contributed by atoms with Gasteiger partial charge in [-0.3, -0.25) is 4.98 Å². The largest absolute Gasteiger partial charge is 0.478 e. The molecule has 2 aromatic carbocycles. The monoisotopic (exact) mass is 331 g/mol. The number of fused-ring (bicyclic) bond motifs is 1. The molecule has 0 saturated heterocycles. The number of carboxylic acid groups (broad SMARTS) is 1. The molecule has 1 N–H and O–H groups in total. The molecule has 3 nitrogen and oxygen atoms in total. The van der Waals surface area contributed by atoms with Crippen LogP contribution in [0, 0.1) is 17.5 Å². The lowest BCUT2D eigenvalue weighted by atomic mass is 9.97. The molecule has 0 saturated carbocycles. The van der Waals surface area contributed by atoms with Gasteiger partial charge in [0.05, 0.1) is 16.8 Å². The van der Waals surface area contributed by atoms with E-state index in [0.717, 1.165) is 5.56 Å². The minimum atomic E-state index is -1.16. The first kappa shape index (κ1) is 16.0. The second kappa shape index (κ2) is 5.96. The van der Waals surface area contributed by atoms with Crippen LogP contribution in [0.1, 0.15) is 22.8 Å². The van der Waals surface area contributed by atoms with Crippen molar-refractivity contribution >= 4 is 16.7 Å². The average molecular weight is 331 g/mol. The van der Waals surface area contributed by atoms with Gasteiger partial charge in [-0.2, -0.15) is 0 Å². The molecular weight excluding hydrogens is 319 g/mol. The van der Waals surface area contributed by atoms with Gasteiger partial charge < -0.3 is 5.11 Å². The highest BCUT2D eigenvalue weighted by Crippen LogP contribution is 2.33. The zero-order valence-corrected chi connectivity index (χ0v) is 12.6. The lowest BCUT2D eigenvalue weighted by Crippen LogP contribution is -2.00. The molecule has 3 aromatic rings. The molecule has 0 radical (unpaired) electrons. The number of hydrogen-bond donors (Lipinski definition) is 1. The summed E-state index contributed by atoms with van der Waals surface area (Å²) < 4.78 is 41.4. The zero-order valence-electron chi connectivity index (χ0n) is 12.6. The zero-order chi connectivity index (χ0) is 17.4. The van der Waals surface area contributed by atoms with Crippen LogP contribution in [-0.4, -0.2) is 16.1 Å². The second-order valence-corrected chi connectivity index (χ2v) is 5.30. The van der Waals surface area contributed by atoms with Crippen LogP contribution in [-0.2, 0) is 6.42 Å². The molecule has 3 rings (SSSR count). The third-order valence-corrected chi connectivity index (χ3v) is 3.84. The third-order valence-electron chi connectivity index (χ3n) is 3.84. The van der Waals surface area contributed by atoms with Crippen molar-refractivity contribution in [3.05, 3.63) is 65.1 Å². The maximum atomic E-state index is 14.1. The molecule has 6 heteroatoms. The lowest BCUT2D eigenvalue weighted by Gasteiger charge is -2.12. The molecule has 0 aliphatic heterocycles. The van der Waals surface area contributed by atoms with E-state index in [1.807, 2.05) is 6.92 Å². The normalized spacial score (nSPS) is 11.0. The van der Waals surface area contributed by atoms with Crippen molar-refractivity contribution < 1.29 is 23.1 Å². The summed E-state index contributed by atoms with van der Waals surface area (Å²) in [6.07, 6.45) is 2.10. The van der Waals surface area contributed by atoms with Crippen LogP contribution in [0.15, 0.2) is 36.5 Å².